The number of aromatic amines is 1. The summed E-state index contributed by atoms with van der Waals surface area (Å²) in [6, 6.07) is 24.1. The Hall–Kier alpha value is -3.86. The highest BCUT2D eigenvalue weighted by molar-refractivity contribution is 6.30. The summed E-state index contributed by atoms with van der Waals surface area (Å²) in [7, 11) is 0. The maximum absolute atomic E-state index is 13.5. The van der Waals surface area contributed by atoms with Gasteiger partial charge in [0.05, 0.1) is 17.2 Å². The molecule has 1 amide bonds. The molecule has 1 aromatic heterocycles. The van der Waals surface area contributed by atoms with Crippen LogP contribution in [0.5, 0.6) is 0 Å². The molecule has 1 fully saturated rings. The molecule has 240 valence electrons. The number of H-pyrrole nitrogens is 1. The van der Waals surface area contributed by atoms with Gasteiger partial charge in [0, 0.05) is 42.3 Å². The minimum absolute atomic E-state index is 0.109. The minimum Gasteiger partial charge on any atom is -0.475 e. The lowest BCUT2D eigenvalue weighted by Crippen LogP contribution is -2.39. The van der Waals surface area contributed by atoms with Gasteiger partial charge in [-0.3, -0.25) is 4.79 Å². The largest absolute Gasteiger partial charge is 0.490 e. The van der Waals surface area contributed by atoms with E-state index in [0.29, 0.717) is 17.5 Å². The van der Waals surface area contributed by atoms with Crippen LogP contribution >= 0.6 is 11.6 Å². The van der Waals surface area contributed by atoms with E-state index < -0.39 is 18.2 Å². The molecular formula is C34H37ClF3N3O4. The van der Waals surface area contributed by atoms with Gasteiger partial charge in [0.15, 0.2) is 0 Å². The number of aliphatic hydroxyl groups is 1. The van der Waals surface area contributed by atoms with Gasteiger partial charge in [-0.2, -0.15) is 13.2 Å². The fourth-order valence-electron chi connectivity index (χ4n) is 5.56. The van der Waals surface area contributed by atoms with Crippen LogP contribution < -0.4 is 5.32 Å². The number of aliphatic carboxylic acids is 1. The number of carboxylic acid groups (broad SMARTS) is 1. The first-order chi connectivity index (χ1) is 21.4. The van der Waals surface area contributed by atoms with E-state index in [1.165, 1.54) is 5.56 Å². The van der Waals surface area contributed by atoms with E-state index in [1.807, 2.05) is 35.4 Å². The number of nitrogens with one attached hydrogen (secondary N) is 2. The molecule has 0 spiro atoms. The number of aliphatic hydroxyl groups excluding tert-OH is 1. The molecule has 1 aliphatic rings. The number of halogens is 4. The first kappa shape index (κ1) is 34.0. The Morgan fingerprint density at radius 2 is 1.71 bits per heavy atom. The highest BCUT2D eigenvalue weighted by Gasteiger charge is 2.38. The van der Waals surface area contributed by atoms with Crippen molar-refractivity contribution in [2.45, 2.75) is 50.9 Å². The SMILES string of the molecule is C[C@H](Cc1c[nH]c2c(C(=O)N3CCC(Cc4ccccc4)CC3)cccc12)NC[C@H](O)c1cccc(Cl)c1.O=C(O)C(F)(F)F. The van der Waals surface area contributed by atoms with Crippen LogP contribution in [0.1, 0.15) is 52.9 Å². The second-order valence-electron chi connectivity index (χ2n) is 11.4. The molecular weight excluding hydrogens is 607 g/mol. The Labute approximate surface area is 265 Å². The Bertz CT molecular complexity index is 1570. The molecule has 45 heavy (non-hydrogen) atoms. The molecule has 11 heteroatoms. The molecule has 1 saturated heterocycles. The molecule has 4 N–H and O–H groups in total. The summed E-state index contributed by atoms with van der Waals surface area (Å²) < 4.78 is 31.7. The van der Waals surface area contributed by atoms with E-state index in [0.717, 1.165) is 66.4 Å². The normalized spacial score (nSPS) is 15.3. The van der Waals surface area contributed by atoms with Crippen molar-refractivity contribution in [1.82, 2.24) is 15.2 Å². The predicted molar refractivity (Wildman–Crippen MR) is 168 cm³/mol. The number of hydrogen-bond donors (Lipinski definition) is 4. The van der Waals surface area contributed by atoms with Crippen molar-refractivity contribution in [3.05, 3.63) is 106 Å². The maximum Gasteiger partial charge on any atom is 0.490 e. The minimum atomic E-state index is -5.08. The number of alkyl halides is 3. The van der Waals surface area contributed by atoms with E-state index in [1.54, 1.807) is 12.1 Å². The molecule has 1 aliphatic heterocycles. The van der Waals surface area contributed by atoms with Crippen molar-refractivity contribution in [2.75, 3.05) is 19.6 Å². The molecule has 0 aliphatic carbocycles. The monoisotopic (exact) mass is 643 g/mol. The van der Waals surface area contributed by atoms with Gasteiger partial charge >= 0.3 is 12.1 Å². The van der Waals surface area contributed by atoms with Crippen molar-refractivity contribution in [1.29, 1.82) is 0 Å². The van der Waals surface area contributed by atoms with Crippen LogP contribution in [0.2, 0.25) is 5.02 Å². The fraction of sp³-hybridized carbons (Fsp3) is 0.353. The zero-order valence-corrected chi connectivity index (χ0v) is 25.6. The lowest BCUT2D eigenvalue weighted by molar-refractivity contribution is -0.192. The molecule has 2 heterocycles. The van der Waals surface area contributed by atoms with E-state index in [-0.39, 0.29) is 11.9 Å². The third-order valence-corrected chi connectivity index (χ3v) is 8.20. The third-order valence-electron chi connectivity index (χ3n) is 7.96. The van der Waals surface area contributed by atoms with Gasteiger partial charge in [-0.1, -0.05) is 66.2 Å². The molecule has 2 atom stereocenters. The first-order valence-electron chi connectivity index (χ1n) is 14.8. The first-order valence-corrected chi connectivity index (χ1v) is 15.2. The average Bonchev–Trinajstić information content (AvgIpc) is 3.43. The third kappa shape index (κ3) is 9.56. The van der Waals surface area contributed by atoms with Crippen molar-refractivity contribution >= 4 is 34.4 Å². The molecule has 0 radical (unpaired) electrons. The Kier molecular flexibility index (Phi) is 11.7. The van der Waals surface area contributed by atoms with Crippen molar-refractivity contribution in [3.8, 4) is 0 Å². The van der Waals surface area contributed by atoms with E-state index in [4.69, 9.17) is 21.5 Å². The van der Waals surface area contributed by atoms with Gasteiger partial charge < -0.3 is 25.4 Å². The van der Waals surface area contributed by atoms with Gasteiger partial charge in [-0.05, 0) is 73.4 Å². The standard InChI is InChI=1S/C32H36ClN3O2.C2HF3O2/c1-22(34-21-30(37)25-9-5-10-27(33)19-25)17-26-20-35-31-28(26)11-6-12-29(31)32(38)36-15-13-24(14-16-36)18-23-7-3-2-4-8-23;3-2(4,5)1(6)7/h2-12,19-20,22,24,30,34-35,37H,13-18,21H2,1H3;(H,6,7)/t22-,30+;/m1./s1. The van der Waals surface area contributed by atoms with Gasteiger partial charge in [0.25, 0.3) is 5.91 Å². The number of amides is 1. The summed E-state index contributed by atoms with van der Waals surface area (Å²) in [5.74, 6) is -2.02. The average molecular weight is 644 g/mol. The maximum atomic E-state index is 13.5. The summed E-state index contributed by atoms with van der Waals surface area (Å²) in [5.41, 5.74) is 4.99. The van der Waals surface area contributed by atoms with Gasteiger partial charge in [0.1, 0.15) is 0 Å². The molecule has 4 aromatic rings. The zero-order chi connectivity index (χ0) is 32.6. The summed E-state index contributed by atoms with van der Waals surface area (Å²) in [6.45, 7) is 4.15. The molecule has 0 unspecified atom stereocenters. The van der Waals surface area contributed by atoms with Gasteiger partial charge in [-0.15, -0.1) is 0 Å². The summed E-state index contributed by atoms with van der Waals surface area (Å²) in [5, 5.41) is 22.8. The molecule has 0 saturated carbocycles. The number of nitrogens with zero attached hydrogens (tertiary/aromatic N) is 1. The highest BCUT2D eigenvalue weighted by Crippen LogP contribution is 2.27. The van der Waals surface area contributed by atoms with Crippen LogP contribution in [0.4, 0.5) is 13.2 Å². The van der Waals surface area contributed by atoms with Crippen molar-refractivity contribution < 1.29 is 33.0 Å². The van der Waals surface area contributed by atoms with E-state index in [2.05, 4.69) is 53.6 Å². The molecule has 7 nitrogen and oxygen atoms in total. The van der Waals surface area contributed by atoms with E-state index >= 15 is 0 Å². The number of carboxylic acids is 1. The molecule has 5 rings (SSSR count). The lowest BCUT2D eigenvalue weighted by Gasteiger charge is -2.32. The number of benzene rings is 3. The van der Waals surface area contributed by atoms with Gasteiger partial charge in [0.2, 0.25) is 0 Å². The summed E-state index contributed by atoms with van der Waals surface area (Å²) in [6.07, 6.45) is 0.248. The quantitative estimate of drug-likeness (QED) is 0.161. The van der Waals surface area contributed by atoms with Crippen LogP contribution in [0.15, 0.2) is 79.0 Å². The number of carbonyl (C=O) groups excluding carboxylic acids is 1. The van der Waals surface area contributed by atoms with Crippen LogP contribution in [0, 0.1) is 5.92 Å². The predicted octanol–water partition coefficient (Wildman–Crippen LogP) is 6.80. The van der Waals surface area contributed by atoms with Crippen LogP contribution in [-0.2, 0) is 17.6 Å². The van der Waals surface area contributed by atoms with Crippen LogP contribution in [0.25, 0.3) is 10.9 Å². The Balaban J connectivity index is 0.000000591. The Morgan fingerprint density at radius 3 is 2.36 bits per heavy atom. The lowest BCUT2D eigenvalue weighted by atomic mass is 9.90. The van der Waals surface area contributed by atoms with Crippen LogP contribution in [0.3, 0.4) is 0 Å². The van der Waals surface area contributed by atoms with Crippen LogP contribution in [-0.4, -0.2) is 63.8 Å². The van der Waals surface area contributed by atoms with Gasteiger partial charge in [-0.25, -0.2) is 4.79 Å². The number of hydrogen-bond acceptors (Lipinski definition) is 4. The molecule has 0 bridgehead atoms. The number of rotatable bonds is 9. The number of piperidine rings is 1. The summed E-state index contributed by atoms with van der Waals surface area (Å²) in [4.78, 5) is 27.8. The second-order valence-corrected chi connectivity index (χ2v) is 11.8. The number of fused-ring (bicyclic) bond motifs is 1. The number of carbonyl (C=O) groups is 2. The summed E-state index contributed by atoms with van der Waals surface area (Å²) >= 11 is 6.06. The fourth-order valence-corrected chi connectivity index (χ4v) is 5.76. The smallest absolute Gasteiger partial charge is 0.475 e. The number of para-hydroxylation sites is 1. The second kappa shape index (κ2) is 15.4. The molecule has 3 aromatic carbocycles. The Morgan fingerprint density at radius 1 is 1.04 bits per heavy atom. The van der Waals surface area contributed by atoms with Crippen molar-refractivity contribution in [3.63, 3.8) is 0 Å². The van der Waals surface area contributed by atoms with Crippen molar-refractivity contribution in [2.24, 2.45) is 5.92 Å². The highest BCUT2D eigenvalue weighted by atomic mass is 35.5. The zero-order valence-electron chi connectivity index (χ0n) is 24.9. The number of aromatic nitrogens is 1. The van der Waals surface area contributed by atoms with E-state index in [9.17, 15) is 23.1 Å². The topological polar surface area (TPSA) is 106 Å². The number of likely N-dealkylation sites (tertiary alicyclic amines) is 1.